The van der Waals surface area contributed by atoms with Crippen LogP contribution in [0.25, 0.3) is 0 Å². The lowest BCUT2D eigenvalue weighted by atomic mass is 10.1. The summed E-state index contributed by atoms with van der Waals surface area (Å²) in [5.41, 5.74) is 0. The van der Waals surface area contributed by atoms with Gasteiger partial charge in [0.1, 0.15) is 0 Å². The standard InChI is InChI=1S/C12H22O/c1-2-3-4-7-11-10-12(11)8-5-6-9-13/h5-6,11-13H,2-4,7-10H2,1H3/b6-5-/t11-,12?/m0/s1. The number of aliphatic hydroxyl groups excluding tert-OH is 1. The van der Waals surface area contributed by atoms with Gasteiger partial charge < -0.3 is 5.11 Å². The maximum absolute atomic E-state index is 8.55. The van der Waals surface area contributed by atoms with Crippen molar-refractivity contribution in [3.05, 3.63) is 12.2 Å². The highest BCUT2D eigenvalue weighted by Crippen LogP contribution is 2.44. The van der Waals surface area contributed by atoms with Gasteiger partial charge in [0.15, 0.2) is 0 Å². The first-order valence-corrected chi connectivity index (χ1v) is 5.64. The predicted octanol–water partition coefficient (Wildman–Crippen LogP) is 3.14. The first-order valence-electron chi connectivity index (χ1n) is 5.64. The summed E-state index contributed by atoms with van der Waals surface area (Å²) in [6.45, 7) is 2.46. The predicted molar refractivity (Wildman–Crippen MR) is 56.6 cm³/mol. The lowest BCUT2D eigenvalue weighted by Gasteiger charge is -1.96. The van der Waals surface area contributed by atoms with Gasteiger partial charge in [-0.2, -0.15) is 0 Å². The summed E-state index contributed by atoms with van der Waals surface area (Å²) in [6.07, 6.45) is 12.2. The van der Waals surface area contributed by atoms with Crippen molar-refractivity contribution in [2.75, 3.05) is 6.61 Å². The van der Waals surface area contributed by atoms with Crippen molar-refractivity contribution in [1.29, 1.82) is 0 Å². The van der Waals surface area contributed by atoms with Crippen LogP contribution >= 0.6 is 0 Å². The van der Waals surface area contributed by atoms with Crippen LogP contribution in [0.3, 0.4) is 0 Å². The van der Waals surface area contributed by atoms with Crippen LogP contribution in [0.5, 0.6) is 0 Å². The first kappa shape index (κ1) is 10.8. The van der Waals surface area contributed by atoms with Crippen molar-refractivity contribution < 1.29 is 5.11 Å². The van der Waals surface area contributed by atoms with Crippen molar-refractivity contribution in [2.45, 2.75) is 45.4 Å². The number of unbranched alkanes of at least 4 members (excludes halogenated alkanes) is 2. The summed E-state index contributed by atoms with van der Waals surface area (Å²) in [7, 11) is 0. The van der Waals surface area contributed by atoms with Crippen molar-refractivity contribution in [2.24, 2.45) is 11.8 Å². The van der Waals surface area contributed by atoms with E-state index in [4.69, 9.17) is 5.11 Å². The molecule has 0 aromatic rings. The molecule has 0 aliphatic heterocycles. The van der Waals surface area contributed by atoms with Crippen LogP contribution in [-0.4, -0.2) is 11.7 Å². The molecule has 1 aliphatic carbocycles. The summed E-state index contributed by atoms with van der Waals surface area (Å²) in [6, 6.07) is 0. The van der Waals surface area contributed by atoms with Gasteiger partial charge in [0, 0.05) is 0 Å². The van der Waals surface area contributed by atoms with E-state index in [-0.39, 0.29) is 6.61 Å². The van der Waals surface area contributed by atoms with E-state index < -0.39 is 0 Å². The smallest absolute Gasteiger partial charge is 0.0612 e. The highest BCUT2D eigenvalue weighted by molar-refractivity contribution is 4.93. The summed E-state index contributed by atoms with van der Waals surface area (Å²) in [5.74, 6) is 1.95. The van der Waals surface area contributed by atoms with E-state index in [0.717, 1.165) is 11.8 Å². The molecule has 1 unspecified atom stereocenters. The Labute approximate surface area is 81.9 Å². The van der Waals surface area contributed by atoms with Crippen LogP contribution < -0.4 is 0 Å². The lowest BCUT2D eigenvalue weighted by Crippen LogP contribution is -1.83. The summed E-state index contributed by atoms with van der Waals surface area (Å²) in [5, 5.41) is 8.55. The molecule has 0 amide bonds. The van der Waals surface area contributed by atoms with Gasteiger partial charge in [0.25, 0.3) is 0 Å². The molecule has 13 heavy (non-hydrogen) atoms. The number of hydrogen-bond acceptors (Lipinski definition) is 1. The number of allylic oxidation sites excluding steroid dienone is 1. The van der Waals surface area contributed by atoms with Gasteiger partial charge in [-0.25, -0.2) is 0 Å². The van der Waals surface area contributed by atoms with Gasteiger partial charge >= 0.3 is 0 Å². The summed E-state index contributed by atoms with van der Waals surface area (Å²) in [4.78, 5) is 0. The molecule has 1 nitrogen and oxygen atoms in total. The Balaban J connectivity index is 1.93. The molecule has 2 atom stereocenters. The van der Waals surface area contributed by atoms with Crippen LogP contribution in [0.1, 0.15) is 45.4 Å². The van der Waals surface area contributed by atoms with E-state index in [1.165, 1.54) is 38.5 Å². The number of aliphatic hydroxyl groups is 1. The van der Waals surface area contributed by atoms with Crippen molar-refractivity contribution in [3.8, 4) is 0 Å². The van der Waals surface area contributed by atoms with Crippen LogP contribution in [0.2, 0.25) is 0 Å². The van der Waals surface area contributed by atoms with Gasteiger partial charge in [-0.1, -0.05) is 44.8 Å². The molecule has 0 radical (unpaired) electrons. The highest BCUT2D eigenvalue weighted by Gasteiger charge is 2.34. The third kappa shape index (κ3) is 4.47. The van der Waals surface area contributed by atoms with Crippen LogP contribution in [0, 0.1) is 11.8 Å². The van der Waals surface area contributed by atoms with Gasteiger partial charge in [-0.15, -0.1) is 0 Å². The zero-order chi connectivity index (χ0) is 9.52. The van der Waals surface area contributed by atoms with Crippen molar-refractivity contribution in [3.63, 3.8) is 0 Å². The summed E-state index contributed by atoms with van der Waals surface area (Å²) >= 11 is 0. The Kier molecular flexibility index (Phi) is 5.14. The Bertz CT molecular complexity index is 151. The fourth-order valence-corrected chi connectivity index (χ4v) is 1.95. The average molecular weight is 182 g/mol. The molecule has 0 aromatic heterocycles. The van der Waals surface area contributed by atoms with Crippen LogP contribution in [-0.2, 0) is 0 Å². The van der Waals surface area contributed by atoms with Gasteiger partial charge in [-0.05, 0) is 24.7 Å². The molecule has 0 bridgehead atoms. The van der Waals surface area contributed by atoms with Crippen molar-refractivity contribution in [1.82, 2.24) is 0 Å². The first-order chi connectivity index (χ1) is 6.38. The number of hydrogen-bond donors (Lipinski definition) is 1. The quantitative estimate of drug-likeness (QED) is 0.473. The highest BCUT2D eigenvalue weighted by atomic mass is 16.2. The molecule has 1 heteroatoms. The van der Waals surface area contributed by atoms with Gasteiger partial charge in [-0.3, -0.25) is 0 Å². The monoisotopic (exact) mass is 182 g/mol. The zero-order valence-corrected chi connectivity index (χ0v) is 8.71. The minimum absolute atomic E-state index is 0.202. The molecule has 1 N–H and O–H groups in total. The third-order valence-electron chi connectivity index (χ3n) is 2.96. The maximum atomic E-state index is 8.55. The molecule has 0 saturated heterocycles. The zero-order valence-electron chi connectivity index (χ0n) is 8.71. The van der Waals surface area contributed by atoms with E-state index in [1.54, 1.807) is 0 Å². The average Bonchev–Trinajstić information content (AvgIpc) is 2.85. The fraction of sp³-hybridized carbons (Fsp3) is 0.833. The molecule has 1 saturated carbocycles. The second kappa shape index (κ2) is 6.20. The largest absolute Gasteiger partial charge is 0.392 e. The Morgan fingerprint density at radius 3 is 2.77 bits per heavy atom. The number of rotatable bonds is 7. The molecule has 0 heterocycles. The van der Waals surface area contributed by atoms with Crippen molar-refractivity contribution >= 4 is 0 Å². The van der Waals surface area contributed by atoms with Crippen LogP contribution in [0.4, 0.5) is 0 Å². The van der Waals surface area contributed by atoms with Crippen LogP contribution in [0.15, 0.2) is 12.2 Å². The third-order valence-corrected chi connectivity index (χ3v) is 2.96. The minimum atomic E-state index is 0.202. The molecule has 76 valence electrons. The van der Waals surface area contributed by atoms with Gasteiger partial charge in [0.05, 0.1) is 6.61 Å². The van der Waals surface area contributed by atoms with E-state index in [0.29, 0.717) is 0 Å². The Morgan fingerprint density at radius 2 is 2.08 bits per heavy atom. The Morgan fingerprint density at radius 1 is 1.23 bits per heavy atom. The SMILES string of the molecule is CCCCC[C@H]1CC1C/C=C\CO. The fourth-order valence-electron chi connectivity index (χ4n) is 1.95. The summed E-state index contributed by atoms with van der Waals surface area (Å²) < 4.78 is 0. The second-order valence-corrected chi connectivity index (χ2v) is 4.14. The van der Waals surface area contributed by atoms with E-state index in [9.17, 15) is 0 Å². The minimum Gasteiger partial charge on any atom is -0.392 e. The lowest BCUT2D eigenvalue weighted by molar-refractivity contribution is 0.342. The molecule has 1 fully saturated rings. The maximum Gasteiger partial charge on any atom is 0.0612 e. The normalized spacial score (nSPS) is 26.9. The van der Waals surface area contributed by atoms with E-state index >= 15 is 0 Å². The molecule has 0 aromatic carbocycles. The molecule has 1 aliphatic rings. The van der Waals surface area contributed by atoms with Gasteiger partial charge in [0.2, 0.25) is 0 Å². The molecule has 0 spiro atoms. The topological polar surface area (TPSA) is 20.2 Å². The molecule has 1 rings (SSSR count). The Hall–Kier alpha value is -0.300. The molecular weight excluding hydrogens is 160 g/mol. The van der Waals surface area contributed by atoms with E-state index in [1.807, 2.05) is 6.08 Å². The second-order valence-electron chi connectivity index (χ2n) is 4.14. The van der Waals surface area contributed by atoms with E-state index in [2.05, 4.69) is 13.0 Å². The molecular formula is C12H22O.